The van der Waals surface area contributed by atoms with E-state index in [2.05, 4.69) is 40.9 Å². The van der Waals surface area contributed by atoms with Crippen LogP contribution in [-0.4, -0.2) is 96.1 Å². The highest BCUT2D eigenvalue weighted by molar-refractivity contribution is 6.00. The van der Waals surface area contributed by atoms with Gasteiger partial charge in [0.1, 0.15) is 51.7 Å². The van der Waals surface area contributed by atoms with E-state index in [4.69, 9.17) is 56.8 Å². The van der Waals surface area contributed by atoms with Gasteiger partial charge in [0, 0.05) is 0 Å². The first-order valence-electron chi connectivity index (χ1n) is 35.9. The van der Waals surface area contributed by atoms with Gasteiger partial charge in [-0.3, -0.25) is 0 Å². The molecule has 0 N–H and O–H groups in total. The summed E-state index contributed by atoms with van der Waals surface area (Å²) in [6.45, 7) is 23.6. The Morgan fingerprint density at radius 3 is 0.773 bits per heavy atom. The number of benzene rings is 11. The molecule has 19 heteroatoms. The van der Waals surface area contributed by atoms with Crippen molar-refractivity contribution in [2.45, 2.75) is 80.8 Å². The van der Waals surface area contributed by atoms with Crippen molar-refractivity contribution in [1.82, 2.24) is 0 Å². The van der Waals surface area contributed by atoms with E-state index in [1.54, 1.807) is 235 Å². The molecule has 11 aromatic carbocycles. The quantitative estimate of drug-likeness (QED) is 0.0212. The lowest BCUT2D eigenvalue weighted by Crippen LogP contribution is -2.11. The van der Waals surface area contributed by atoms with Crippen molar-refractivity contribution in [1.29, 1.82) is 0 Å². The van der Waals surface area contributed by atoms with Crippen LogP contribution in [0.5, 0.6) is 51.7 Å². The molecule has 0 saturated carbocycles. The molecular weight excluding hydrogens is 1400 g/mol. The third-order valence-electron chi connectivity index (χ3n) is 17.1. The van der Waals surface area contributed by atoms with Crippen molar-refractivity contribution in [3.63, 3.8) is 0 Å². The minimum Gasteiger partial charge on any atom is -0.497 e. The van der Waals surface area contributed by atoms with Gasteiger partial charge in [0.2, 0.25) is 0 Å². The van der Waals surface area contributed by atoms with Crippen LogP contribution in [0.4, 0.5) is 0 Å². The summed E-state index contributed by atoms with van der Waals surface area (Å²) in [5.74, 6) is 3.70. The fourth-order valence-corrected chi connectivity index (χ4v) is 9.90. The number of fused-ring (bicyclic) bond motifs is 3. The van der Waals surface area contributed by atoms with E-state index in [0.29, 0.717) is 123 Å². The van der Waals surface area contributed by atoms with Gasteiger partial charge < -0.3 is 56.8 Å². The van der Waals surface area contributed by atoms with Crippen molar-refractivity contribution in [2.24, 2.45) is 17.8 Å². The smallest absolute Gasteiger partial charge is 0.343 e. The van der Waals surface area contributed by atoms with Crippen molar-refractivity contribution in [3.8, 4) is 51.7 Å². The number of methoxy groups -OCH3 is 4. The highest BCUT2D eigenvalue weighted by Gasteiger charge is 2.18. The highest BCUT2D eigenvalue weighted by Crippen LogP contribution is 2.29. The van der Waals surface area contributed by atoms with Gasteiger partial charge in [0.15, 0.2) is 0 Å². The first kappa shape index (κ1) is 84.5. The number of carbonyl (C=O) groups excluding carboxylic acids is 7. The van der Waals surface area contributed by atoms with Crippen LogP contribution in [0.25, 0.3) is 32.3 Å². The highest BCUT2D eigenvalue weighted by atomic mass is 16.6. The Labute approximate surface area is 642 Å². The average molecular weight is 1490 g/mol. The Balaban J connectivity index is 0.000000203. The Hall–Kier alpha value is -12.8. The summed E-state index contributed by atoms with van der Waals surface area (Å²) in [7, 11) is 6.28. The predicted molar refractivity (Wildman–Crippen MR) is 426 cm³/mol. The van der Waals surface area contributed by atoms with Crippen molar-refractivity contribution in [3.05, 3.63) is 283 Å². The predicted octanol–water partition coefficient (Wildman–Crippen LogP) is 20.3. The second-order valence-electron chi connectivity index (χ2n) is 25.6. The maximum absolute atomic E-state index is 12.3. The third kappa shape index (κ3) is 26.0. The van der Waals surface area contributed by atoms with E-state index in [-0.39, 0.29) is 24.0 Å². The van der Waals surface area contributed by atoms with E-state index in [0.717, 1.165) is 57.3 Å². The third-order valence-corrected chi connectivity index (χ3v) is 17.1. The number of ether oxygens (including phenoxy) is 12. The normalized spacial score (nSPS) is 11.2. The summed E-state index contributed by atoms with van der Waals surface area (Å²) in [6, 6.07) is 65.7. The van der Waals surface area contributed by atoms with E-state index in [9.17, 15) is 33.6 Å². The Morgan fingerprint density at radius 1 is 0.264 bits per heavy atom. The second-order valence-corrected chi connectivity index (χ2v) is 25.6. The first-order chi connectivity index (χ1) is 53.1. The van der Waals surface area contributed by atoms with Crippen LogP contribution in [-0.2, 0) is 14.2 Å². The summed E-state index contributed by atoms with van der Waals surface area (Å²) in [6.07, 6.45) is 2.83. The van der Waals surface area contributed by atoms with Crippen LogP contribution >= 0.6 is 0 Å². The summed E-state index contributed by atoms with van der Waals surface area (Å²) in [5, 5.41) is 5.18. The van der Waals surface area contributed by atoms with Gasteiger partial charge >= 0.3 is 41.8 Å². The Morgan fingerprint density at radius 2 is 0.491 bits per heavy atom. The topological polar surface area (TPSA) is 230 Å². The van der Waals surface area contributed by atoms with E-state index >= 15 is 0 Å². The lowest BCUT2D eigenvalue weighted by molar-refractivity contribution is 0.0375. The van der Waals surface area contributed by atoms with Gasteiger partial charge in [0.05, 0.1) is 93.3 Å². The molecule has 19 nitrogen and oxygen atoms in total. The molecule has 11 rings (SSSR count). The molecule has 0 aliphatic carbocycles. The van der Waals surface area contributed by atoms with Crippen LogP contribution in [0.1, 0.15) is 147 Å². The maximum Gasteiger partial charge on any atom is 0.343 e. The molecular formula is C91H94O19. The molecule has 0 radical (unpaired) electrons. The van der Waals surface area contributed by atoms with Crippen LogP contribution in [0, 0.1) is 17.8 Å². The molecule has 0 spiro atoms. The summed E-state index contributed by atoms with van der Waals surface area (Å²) < 4.78 is 63.6. The lowest BCUT2D eigenvalue weighted by Gasteiger charge is -2.11. The maximum atomic E-state index is 12.3. The van der Waals surface area contributed by atoms with E-state index in [1.165, 1.54) is 0 Å². The van der Waals surface area contributed by atoms with Crippen molar-refractivity contribution >= 4 is 74.1 Å². The number of hydrogen-bond acceptors (Lipinski definition) is 19. The molecule has 0 aliphatic heterocycles. The molecule has 0 aromatic heterocycles. The van der Waals surface area contributed by atoms with E-state index in [1.807, 2.05) is 52.0 Å². The van der Waals surface area contributed by atoms with Gasteiger partial charge in [-0.15, -0.1) is 13.2 Å². The zero-order valence-electron chi connectivity index (χ0n) is 64.2. The average Bonchev–Trinajstić information content (AvgIpc) is 0.824. The standard InChI is InChI=1S/2C24H24O5.C22H20O5.C19H22O4.C2H4/c2*1-4-16(2)15-28-23(25)20-6-5-19-14-22(12-9-18(19)13-20)29-24(26)17-7-10-21(27-3)11-8-17;1-14(2)26-22(24)18-5-4-17-13-20(11-8-16(17)12-18)27-21(23)15-6-9-19(25-3)10-7-15;1-4-14(2)13-22-17-9-11-18(12-10-17)23-19(20)15-5-7-16(21-3)8-6-15;1-2/h2*5-14,16H,4,15H2,1-3H3;4-14H,1-3H3;5-12,14H,4,13H2,1-3H3;1-2H2. The Bertz CT molecular complexity index is 4670. The number of hydrogen-bond donors (Lipinski definition) is 0. The monoisotopic (exact) mass is 1490 g/mol. The Kier molecular flexibility index (Phi) is 33.1. The van der Waals surface area contributed by atoms with Crippen molar-refractivity contribution < 1.29 is 90.4 Å². The van der Waals surface area contributed by atoms with Crippen LogP contribution in [0.2, 0.25) is 0 Å². The molecule has 3 unspecified atom stereocenters. The summed E-state index contributed by atoms with van der Waals surface area (Å²) in [4.78, 5) is 85.4. The van der Waals surface area contributed by atoms with Crippen molar-refractivity contribution in [2.75, 3.05) is 48.3 Å². The van der Waals surface area contributed by atoms with Crippen LogP contribution < -0.4 is 42.6 Å². The van der Waals surface area contributed by atoms with Crippen LogP contribution in [0.3, 0.4) is 0 Å². The fourth-order valence-electron chi connectivity index (χ4n) is 9.90. The number of esters is 7. The van der Waals surface area contributed by atoms with Gasteiger partial charge in [-0.05, 0) is 258 Å². The fraction of sp³-hybridized carbons (Fsp3) is 0.242. The zero-order chi connectivity index (χ0) is 79.7. The van der Waals surface area contributed by atoms with E-state index < -0.39 is 23.9 Å². The number of rotatable bonds is 26. The second kappa shape index (κ2) is 43.1. The van der Waals surface area contributed by atoms with Crippen LogP contribution in [0.15, 0.2) is 244 Å². The molecule has 110 heavy (non-hydrogen) atoms. The molecule has 572 valence electrons. The van der Waals surface area contributed by atoms with Gasteiger partial charge in [-0.2, -0.15) is 0 Å². The minimum absolute atomic E-state index is 0.173. The molecule has 0 aliphatic rings. The molecule has 0 heterocycles. The molecule has 0 bridgehead atoms. The molecule has 0 fully saturated rings. The van der Waals surface area contributed by atoms with Gasteiger partial charge in [-0.25, -0.2) is 33.6 Å². The van der Waals surface area contributed by atoms with Gasteiger partial charge in [-0.1, -0.05) is 97.2 Å². The van der Waals surface area contributed by atoms with Gasteiger partial charge in [0.25, 0.3) is 0 Å². The number of carbonyl (C=O) groups is 7. The largest absolute Gasteiger partial charge is 0.497 e. The SMILES string of the molecule is C=C.CCC(C)COC(=O)c1ccc2cc(OC(=O)c3ccc(OC)cc3)ccc2c1.CCC(C)COC(=O)c1ccc2cc(OC(=O)c3ccc(OC)cc3)ccc2c1.CCC(C)COc1ccc(OC(=O)c2ccc(OC)cc2)cc1.COc1ccc(C(=O)Oc2ccc3cc(C(=O)OC(C)C)ccc3c2)cc1. The molecule has 0 saturated heterocycles. The minimum atomic E-state index is -0.450. The lowest BCUT2D eigenvalue weighted by atomic mass is 10.1. The zero-order valence-corrected chi connectivity index (χ0v) is 64.2. The summed E-state index contributed by atoms with van der Waals surface area (Å²) >= 11 is 0. The molecule has 11 aromatic rings. The molecule has 0 amide bonds. The molecule has 3 atom stereocenters. The summed E-state index contributed by atoms with van der Waals surface area (Å²) in [5.41, 5.74) is 3.27. The first-order valence-corrected chi connectivity index (χ1v) is 35.9.